The van der Waals surface area contributed by atoms with Gasteiger partial charge in [0.15, 0.2) is 0 Å². The van der Waals surface area contributed by atoms with Crippen LogP contribution < -0.4 is 10.6 Å². The molecular weight excluding hydrogens is 386 g/mol. The molecule has 0 saturated carbocycles. The first-order chi connectivity index (χ1) is 14.0. The Bertz CT molecular complexity index is 856. The number of hydrogen-bond acceptors (Lipinski definition) is 2. The summed E-state index contributed by atoms with van der Waals surface area (Å²) in [5.74, 6) is 0.384. The van der Waals surface area contributed by atoms with Gasteiger partial charge in [0, 0.05) is 36.8 Å². The number of benzene rings is 2. The zero-order valence-electron chi connectivity index (χ0n) is 16.8. The van der Waals surface area contributed by atoms with Crippen LogP contribution >= 0.6 is 11.6 Å². The first-order valence-electron chi connectivity index (χ1n) is 10.1. The Labute approximate surface area is 177 Å². The summed E-state index contributed by atoms with van der Waals surface area (Å²) in [6.45, 7) is 3.94. The maximum absolute atomic E-state index is 12.6. The van der Waals surface area contributed by atoms with Crippen molar-refractivity contribution in [3.05, 3.63) is 64.7 Å². The number of aryl methyl sites for hydroxylation is 1. The summed E-state index contributed by atoms with van der Waals surface area (Å²) in [5.41, 5.74) is 2.92. The van der Waals surface area contributed by atoms with E-state index in [1.807, 2.05) is 60.4 Å². The van der Waals surface area contributed by atoms with Crippen molar-refractivity contribution in [3.8, 4) is 0 Å². The average Bonchev–Trinajstić information content (AvgIpc) is 2.71. The smallest absolute Gasteiger partial charge is 0.321 e. The summed E-state index contributed by atoms with van der Waals surface area (Å²) >= 11 is 5.97. The Hall–Kier alpha value is -2.53. The Morgan fingerprint density at radius 2 is 2.00 bits per heavy atom. The van der Waals surface area contributed by atoms with Crippen molar-refractivity contribution >= 4 is 29.2 Å². The number of halogens is 1. The quantitative estimate of drug-likeness (QED) is 0.700. The van der Waals surface area contributed by atoms with Crippen LogP contribution in [-0.4, -0.2) is 29.9 Å². The topological polar surface area (TPSA) is 61.4 Å². The van der Waals surface area contributed by atoms with Crippen LogP contribution in [0.2, 0.25) is 5.02 Å². The molecule has 5 nitrogen and oxygen atoms in total. The molecule has 29 heavy (non-hydrogen) atoms. The number of hydrogen-bond donors (Lipinski definition) is 2. The van der Waals surface area contributed by atoms with Gasteiger partial charge in [0.05, 0.1) is 0 Å². The second-order valence-corrected chi connectivity index (χ2v) is 8.14. The number of amides is 3. The molecule has 0 bridgehead atoms. The van der Waals surface area contributed by atoms with Crippen molar-refractivity contribution in [1.82, 2.24) is 10.2 Å². The number of nitrogens with one attached hydrogen (secondary N) is 2. The van der Waals surface area contributed by atoms with Gasteiger partial charge in [-0.2, -0.15) is 0 Å². The molecule has 1 fully saturated rings. The number of likely N-dealkylation sites (tertiary alicyclic amines) is 1. The van der Waals surface area contributed by atoms with Gasteiger partial charge in [0.2, 0.25) is 5.91 Å². The van der Waals surface area contributed by atoms with E-state index in [0.29, 0.717) is 30.5 Å². The van der Waals surface area contributed by atoms with Crippen LogP contribution in [0.15, 0.2) is 48.5 Å². The highest BCUT2D eigenvalue weighted by Gasteiger charge is 2.24. The van der Waals surface area contributed by atoms with E-state index in [1.165, 1.54) is 0 Å². The van der Waals surface area contributed by atoms with E-state index < -0.39 is 0 Å². The highest BCUT2D eigenvalue weighted by atomic mass is 35.5. The van der Waals surface area contributed by atoms with E-state index >= 15 is 0 Å². The summed E-state index contributed by atoms with van der Waals surface area (Å²) in [4.78, 5) is 26.6. The van der Waals surface area contributed by atoms with Crippen LogP contribution in [0, 0.1) is 12.8 Å². The van der Waals surface area contributed by atoms with Crippen LogP contribution in [0.5, 0.6) is 0 Å². The first-order valence-corrected chi connectivity index (χ1v) is 10.5. The SMILES string of the molecule is Cc1cccc(NC(=O)N2CCCC(CCC(=O)NCc3cccc(Cl)c3)C2)c1. The molecule has 0 aliphatic carbocycles. The maximum Gasteiger partial charge on any atom is 0.321 e. The zero-order chi connectivity index (χ0) is 20.6. The normalized spacial score (nSPS) is 16.3. The molecule has 2 aromatic carbocycles. The lowest BCUT2D eigenvalue weighted by Crippen LogP contribution is -2.42. The molecule has 1 heterocycles. The van der Waals surface area contributed by atoms with Crippen LogP contribution in [0.3, 0.4) is 0 Å². The monoisotopic (exact) mass is 413 g/mol. The molecule has 2 aromatic rings. The molecule has 3 rings (SSSR count). The Balaban J connectivity index is 1.42. The molecule has 0 aromatic heterocycles. The summed E-state index contributed by atoms with van der Waals surface area (Å²) in [7, 11) is 0. The van der Waals surface area contributed by atoms with E-state index in [0.717, 1.165) is 42.6 Å². The Morgan fingerprint density at radius 3 is 2.79 bits per heavy atom. The number of rotatable bonds is 6. The van der Waals surface area contributed by atoms with Crippen molar-refractivity contribution in [1.29, 1.82) is 0 Å². The van der Waals surface area contributed by atoms with E-state index in [9.17, 15) is 9.59 Å². The molecule has 2 N–H and O–H groups in total. The summed E-state index contributed by atoms with van der Waals surface area (Å²) in [5, 5.41) is 6.59. The van der Waals surface area contributed by atoms with Crippen molar-refractivity contribution in [3.63, 3.8) is 0 Å². The van der Waals surface area contributed by atoms with Gasteiger partial charge >= 0.3 is 6.03 Å². The van der Waals surface area contributed by atoms with Gasteiger partial charge in [-0.1, -0.05) is 35.9 Å². The predicted octanol–water partition coefficient (Wildman–Crippen LogP) is 4.99. The van der Waals surface area contributed by atoms with E-state index in [2.05, 4.69) is 10.6 Å². The van der Waals surface area contributed by atoms with Crippen molar-refractivity contribution < 1.29 is 9.59 Å². The third-order valence-electron chi connectivity index (χ3n) is 5.23. The number of anilines is 1. The fourth-order valence-electron chi connectivity index (χ4n) is 3.68. The lowest BCUT2D eigenvalue weighted by atomic mass is 9.93. The summed E-state index contributed by atoms with van der Waals surface area (Å²) in [6, 6.07) is 15.2. The number of carbonyl (C=O) groups excluding carboxylic acids is 2. The molecule has 1 unspecified atom stereocenters. The minimum Gasteiger partial charge on any atom is -0.352 e. The molecule has 0 spiro atoms. The fraction of sp³-hybridized carbons (Fsp3) is 0.391. The number of urea groups is 1. The molecule has 1 aliphatic heterocycles. The van der Waals surface area contributed by atoms with Crippen LogP contribution in [-0.2, 0) is 11.3 Å². The van der Waals surface area contributed by atoms with Gasteiger partial charge in [-0.15, -0.1) is 0 Å². The zero-order valence-corrected chi connectivity index (χ0v) is 17.5. The van der Waals surface area contributed by atoms with E-state index in [4.69, 9.17) is 11.6 Å². The third-order valence-corrected chi connectivity index (χ3v) is 5.47. The van der Waals surface area contributed by atoms with Crippen molar-refractivity contribution in [2.45, 2.75) is 39.2 Å². The third kappa shape index (κ3) is 6.79. The van der Waals surface area contributed by atoms with Gasteiger partial charge in [-0.3, -0.25) is 4.79 Å². The van der Waals surface area contributed by atoms with Crippen molar-refractivity contribution in [2.24, 2.45) is 5.92 Å². The lowest BCUT2D eigenvalue weighted by molar-refractivity contribution is -0.121. The van der Waals surface area contributed by atoms with E-state index in [-0.39, 0.29) is 11.9 Å². The van der Waals surface area contributed by atoms with Crippen LogP contribution in [0.4, 0.5) is 10.5 Å². The predicted molar refractivity (Wildman–Crippen MR) is 117 cm³/mol. The summed E-state index contributed by atoms with van der Waals surface area (Å²) < 4.78 is 0. The molecule has 6 heteroatoms. The number of piperidine rings is 1. The van der Waals surface area contributed by atoms with Crippen LogP contribution in [0.1, 0.15) is 36.8 Å². The number of nitrogens with zero attached hydrogens (tertiary/aromatic N) is 1. The average molecular weight is 414 g/mol. The largest absolute Gasteiger partial charge is 0.352 e. The van der Waals surface area contributed by atoms with Gasteiger partial charge in [0.25, 0.3) is 0 Å². The Morgan fingerprint density at radius 1 is 1.17 bits per heavy atom. The lowest BCUT2D eigenvalue weighted by Gasteiger charge is -2.32. The van der Waals surface area contributed by atoms with Crippen molar-refractivity contribution in [2.75, 3.05) is 18.4 Å². The second-order valence-electron chi connectivity index (χ2n) is 7.70. The molecule has 154 valence electrons. The molecule has 0 radical (unpaired) electrons. The highest BCUT2D eigenvalue weighted by Crippen LogP contribution is 2.22. The van der Waals surface area contributed by atoms with Gasteiger partial charge in [0.1, 0.15) is 0 Å². The molecule has 1 aliphatic rings. The first kappa shape index (κ1) is 21.2. The van der Waals surface area contributed by atoms with E-state index in [1.54, 1.807) is 0 Å². The molecular formula is C23H28ClN3O2. The minimum atomic E-state index is -0.0642. The molecule has 3 amide bonds. The second kappa shape index (κ2) is 10.3. The summed E-state index contributed by atoms with van der Waals surface area (Å²) in [6.07, 6.45) is 3.28. The highest BCUT2D eigenvalue weighted by molar-refractivity contribution is 6.30. The molecule has 1 atom stereocenters. The van der Waals surface area contributed by atoms with Gasteiger partial charge < -0.3 is 15.5 Å². The standard InChI is InChI=1S/C23H28ClN3O2/c1-17-5-2-9-21(13-17)26-23(29)27-12-4-7-18(16-27)10-11-22(28)25-15-19-6-3-8-20(24)14-19/h2-3,5-6,8-9,13-14,18H,4,7,10-12,15-16H2,1H3,(H,25,28)(H,26,29). The Kier molecular flexibility index (Phi) is 7.53. The van der Waals surface area contributed by atoms with Crippen LogP contribution in [0.25, 0.3) is 0 Å². The number of carbonyl (C=O) groups is 2. The maximum atomic E-state index is 12.6. The molecule has 1 saturated heterocycles. The minimum absolute atomic E-state index is 0.0336. The van der Waals surface area contributed by atoms with Gasteiger partial charge in [-0.05, 0) is 67.5 Å². The van der Waals surface area contributed by atoms with Gasteiger partial charge in [-0.25, -0.2) is 4.79 Å². The fourth-order valence-corrected chi connectivity index (χ4v) is 3.89.